The Morgan fingerprint density at radius 2 is 1.65 bits per heavy atom. The first-order valence-corrected chi connectivity index (χ1v) is 14.2. The number of para-hydroxylation sites is 1. The van der Waals surface area contributed by atoms with E-state index < -0.39 is 6.04 Å². The Labute approximate surface area is 231 Å². The first kappa shape index (κ1) is 26.0. The molecule has 0 bridgehead atoms. The standard InChI is InChI=1S/C29H35N7O4/c37-26(34-12-4-1-5-13-34)25(17-19-8-9-23-24(16-19)31-27(38)30-23)33-28(39)35-14-10-21(11-15-35)36-18-20-6-2-3-7-22(20)32-29(36)40/h2-3,6-9,16,21,25H,1,4-5,10-15,17-18H2,(H,32,40)(H,33,39)(H2,30,31,38)/t25-/m1/s1. The molecule has 2 fully saturated rings. The Morgan fingerprint density at radius 1 is 0.900 bits per heavy atom. The van der Waals surface area contributed by atoms with Gasteiger partial charge in [-0.1, -0.05) is 24.3 Å². The summed E-state index contributed by atoms with van der Waals surface area (Å²) in [7, 11) is 0. The van der Waals surface area contributed by atoms with E-state index in [0.29, 0.717) is 63.0 Å². The van der Waals surface area contributed by atoms with Gasteiger partial charge in [0.1, 0.15) is 6.04 Å². The lowest BCUT2D eigenvalue weighted by Gasteiger charge is -2.41. The molecule has 0 spiro atoms. The Bertz CT molecular complexity index is 1470. The number of hydrogen-bond donors (Lipinski definition) is 4. The van der Waals surface area contributed by atoms with Gasteiger partial charge in [-0.25, -0.2) is 14.4 Å². The van der Waals surface area contributed by atoms with Crippen molar-refractivity contribution >= 4 is 34.7 Å². The number of carbonyl (C=O) groups excluding carboxylic acids is 3. The highest BCUT2D eigenvalue weighted by atomic mass is 16.2. The van der Waals surface area contributed by atoms with E-state index in [1.807, 2.05) is 52.3 Å². The van der Waals surface area contributed by atoms with Gasteiger partial charge in [-0.2, -0.15) is 0 Å². The maximum atomic E-state index is 13.6. The second-order valence-electron chi connectivity index (χ2n) is 11.0. The van der Waals surface area contributed by atoms with Gasteiger partial charge in [0, 0.05) is 50.9 Å². The third-order valence-corrected chi connectivity index (χ3v) is 8.34. The summed E-state index contributed by atoms with van der Waals surface area (Å²) < 4.78 is 0. The number of carbonyl (C=O) groups is 3. The lowest BCUT2D eigenvalue weighted by atomic mass is 10.0. The zero-order valence-electron chi connectivity index (χ0n) is 22.4. The number of imidazole rings is 1. The van der Waals surface area contributed by atoms with Gasteiger partial charge in [0.15, 0.2) is 0 Å². The number of rotatable bonds is 5. The van der Waals surface area contributed by atoms with Crippen molar-refractivity contribution < 1.29 is 14.4 Å². The predicted octanol–water partition coefficient (Wildman–Crippen LogP) is 3.00. The molecule has 6 rings (SSSR count). The van der Waals surface area contributed by atoms with Crippen LogP contribution in [-0.2, 0) is 17.8 Å². The molecule has 1 aromatic heterocycles. The molecule has 1 atom stereocenters. The van der Waals surface area contributed by atoms with Crippen molar-refractivity contribution in [2.24, 2.45) is 0 Å². The van der Waals surface area contributed by atoms with Crippen LogP contribution in [0.4, 0.5) is 15.3 Å². The highest BCUT2D eigenvalue weighted by Crippen LogP contribution is 2.27. The molecule has 2 saturated heterocycles. The third-order valence-electron chi connectivity index (χ3n) is 8.34. The predicted molar refractivity (Wildman–Crippen MR) is 151 cm³/mol. The minimum Gasteiger partial charge on any atom is -0.341 e. The second-order valence-corrected chi connectivity index (χ2v) is 11.0. The number of nitrogens with zero attached hydrogens (tertiary/aromatic N) is 3. The van der Waals surface area contributed by atoms with Crippen molar-refractivity contribution in [2.45, 2.75) is 57.2 Å². The number of benzene rings is 2. The fourth-order valence-electron chi connectivity index (χ4n) is 6.12. The molecule has 3 aliphatic rings. The fraction of sp³-hybridized carbons (Fsp3) is 0.448. The van der Waals surface area contributed by atoms with E-state index in [9.17, 15) is 19.2 Å². The van der Waals surface area contributed by atoms with Crippen LogP contribution < -0.4 is 16.3 Å². The van der Waals surface area contributed by atoms with Gasteiger partial charge < -0.3 is 35.3 Å². The van der Waals surface area contributed by atoms with E-state index >= 15 is 0 Å². The summed E-state index contributed by atoms with van der Waals surface area (Å²) in [6.07, 6.45) is 4.70. The van der Waals surface area contributed by atoms with Gasteiger partial charge in [0.2, 0.25) is 5.91 Å². The van der Waals surface area contributed by atoms with Gasteiger partial charge in [-0.05, 0) is 61.4 Å². The van der Waals surface area contributed by atoms with Gasteiger partial charge in [0.05, 0.1) is 11.0 Å². The fourth-order valence-corrected chi connectivity index (χ4v) is 6.12. The summed E-state index contributed by atoms with van der Waals surface area (Å²) in [4.78, 5) is 62.4. The number of aromatic amines is 2. The van der Waals surface area contributed by atoms with E-state index in [4.69, 9.17) is 0 Å². The van der Waals surface area contributed by atoms with E-state index in [2.05, 4.69) is 20.6 Å². The van der Waals surface area contributed by atoms with Crippen LogP contribution >= 0.6 is 0 Å². The van der Waals surface area contributed by atoms with Crippen molar-refractivity contribution in [3.05, 3.63) is 64.1 Å². The molecule has 4 N–H and O–H groups in total. The van der Waals surface area contributed by atoms with Gasteiger partial charge >= 0.3 is 17.8 Å². The van der Waals surface area contributed by atoms with Crippen LogP contribution in [0.25, 0.3) is 11.0 Å². The second kappa shape index (κ2) is 11.1. The summed E-state index contributed by atoms with van der Waals surface area (Å²) in [5.74, 6) is -0.0748. The molecule has 3 aliphatic heterocycles. The van der Waals surface area contributed by atoms with Crippen LogP contribution in [0.15, 0.2) is 47.3 Å². The Kier molecular flexibility index (Phi) is 7.19. The molecule has 2 aromatic carbocycles. The molecule has 3 aromatic rings. The molecule has 0 unspecified atom stereocenters. The zero-order chi connectivity index (χ0) is 27.6. The normalized spacial score (nSPS) is 18.8. The summed E-state index contributed by atoms with van der Waals surface area (Å²) in [5.41, 5.74) is 3.88. The summed E-state index contributed by atoms with van der Waals surface area (Å²) >= 11 is 0. The minimum absolute atomic E-state index is 0.0402. The van der Waals surface area contributed by atoms with Crippen molar-refractivity contribution in [2.75, 3.05) is 31.5 Å². The number of amides is 5. The Hall–Kier alpha value is -4.28. The molecular formula is C29H35N7O4. The van der Waals surface area contributed by atoms with Crippen LogP contribution in [0, 0.1) is 0 Å². The maximum absolute atomic E-state index is 13.6. The zero-order valence-corrected chi connectivity index (χ0v) is 22.4. The lowest BCUT2D eigenvalue weighted by Crippen LogP contribution is -2.56. The number of fused-ring (bicyclic) bond motifs is 2. The number of aromatic nitrogens is 2. The Balaban J connectivity index is 1.11. The maximum Gasteiger partial charge on any atom is 0.323 e. The van der Waals surface area contributed by atoms with Crippen LogP contribution in [0.1, 0.15) is 43.2 Å². The van der Waals surface area contributed by atoms with Crippen LogP contribution in [0.2, 0.25) is 0 Å². The molecule has 4 heterocycles. The molecule has 210 valence electrons. The van der Waals surface area contributed by atoms with Crippen LogP contribution in [0.5, 0.6) is 0 Å². The van der Waals surface area contributed by atoms with Gasteiger partial charge in [-0.15, -0.1) is 0 Å². The molecule has 5 amide bonds. The largest absolute Gasteiger partial charge is 0.341 e. The smallest absolute Gasteiger partial charge is 0.323 e. The lowest BCUT2D eigenvalue weighted by molar-refractivity contribution is -0.134. The first-order chi connectivity index (χ1) is 19.4. The molecule has 40 heavy (non-hydrogen) atoms. The number of likely N-dealkylation sites (tertiary alicyclic amines) is 2. The highest BCUT2D eigenvalue weighted by Gasteiger charge is 2.34. The molecule has 0 radical (unpaired) electrons. The van der Waals surface area contributed by atoms with Crippen molar-refractivity contribution in [3.8, 4) is 0 Å². The van der Waals surface area contributed by atoms with Crippen molar-refractivity contribution in [3.63, 3.8) is 0 Å². The highest BCUT2D eigenvalue weighted by molar-refractivity contribution is 5.92. The summed E-state index contributed by atoms with van der Waals surface area (Å²) in [5, 5.41) is 6.00. The SMILES string of the molecule is O=C(N[C@H](Cc1ccc2[nH]c(=O)[nH]c2c1)C(=O)N1CCCCC1)N1CCC(N2Cc3ccccc3NC2=O)CC1. The molecule has 11 heteroatoms. The third kappa shape index (κ3) is 5.41. The summed E-state index contributed by atoms with van der Waals surface area (Å²) in [6.45, 7) is 2.96. The average Bonchev–Trinajstić information content (AvgIpc) is 3.36. The molecule has 0 aliphatic carbocycles. The van der Waals surface area contributed by atoms with Gasteiger partial charge in [0.25, 0.3) is 0 Å². The number of piperidine rings is 2. The first-order valence-electron chi connectivity index (χ1n) is 14.2. The van der Waals surface area contributed by atoms with E-state index in [1.165, 1.54) is 0 Å². The van der Waals surface area contributed by atoms with Crippen LogP contribution in [-0.4, -0.2) is 80.9 Å². The topological polar surface area (TPSA) is 134 Å². The summed E-state index contributed by atoms with van der Waals surface area (Å²) in [6, 6.07) is 12.3. The number of hydrogen-bond acceptors (Lipinski definition) is 4. The quantitative estimate of drug-likeness (QED) is 0.392. The molecule has 11 nitrogen and oxygen atoms in total. The molecular weight excluding hydrogens is 510 g/mol. The minimum atomic E-state index is -0.712. The Morgan fingerprint density at radius 3 is 2.45 bits per heavy atom. The monoisotopic (exact) mass is 545 g/mol. The van der Waals surface area contributed by atoms with Crippen molar-refractivity contribution in [1.82, 2.24) is 30.0 Å². The van der Waals surface area contributed by atoms with E-state index in [1.54, 1.807) is 4.90 Å². The van der Waals surface area contributed by atoms with Gasteiger partial charge in [-0.3, -0.25) is 4.79 Å². The number of urea groups is 2. The number of anilines is 1. The molecule has 0 saturated carbocycles. The number of nitrogens with one attached hydrogen (secondary N) is 4. The average molecular weight is 546 g/mol. The van der Waals surface area contributed by atoms with Crippen molar-refractivity contribution in [1.29, 1.82) is 0 Å². The number of H-pyrrole nitrogens is 2. The van der Waals surface area contributed by atoms with E-state index in [0.717, 1.165) is 36.1 Å². The van der Waals surface area contributed by atoms with E-state index in [-0.39, 0.29) is 29.7 Å². The van der Waals surface area contributed by atoms with Crippen LogP contribution in [0.3, 0.4) is 0 Å².